The molecule has 0 spiro atoms. The van der Waals surface area contributed by atoms with Crippen LogP contribution in [-0.4, -0.2) is 9.78 Å². The van der Waals surface area contributed by atoms with Gasteiger partial charge in [0.2, 0.25) is 0 Å². The number of benzene rings is 2. The van der Waals surface area contributed by atoms with E-state index < -0.39 is 0 Å². The zero-order valence-electron chi connectivity index (χ0n) is 12.7. The smallest absolute Gasteiger partial charge is 0.0547 e. The Balaban J connectivity index is 1.87. The molecule has 0 saturated carbocycles. The minimum Gasteiger partial charge on any atom is -0.302 e. The highest BCUT2D eigenvalue weighted by molar-refractivity contribution is 5.86. The van der Waals surface area contributed by atoms with E-state index >= 15 is 0 Å². The normalized spacial score (nSPS) is 14.2. The lowest BCUT2D eigenvalue weighted by Crippen LogP contribution is -2.24. The first-order valence-electron chi connectivity index (χ1n) is 7.38. The molecule has 0 saturated heterocycles. The van der Waals surface area contributed by atoms with E-state index in [1.54, 1.807) is 0 Å². The van der Waals surface area contributed by atoms with Gasteiger partial charge in [-0.15, -0.1) is 0 Å². The fraction of sp³-hybridized carbons (Fsp3) is 0.278. The van der Waals surface area contributed by atoms with Gasteiger partial charge in [-0.3, -0.25) is 4.68 Å². The quantitative estimate of drug-likeness (QED) is 0.782. The number of fused-ring (bicyclic) bond motifs is 1. The SMILES string of the molecule is CC(NC(C)c1ccnn1C)c1cccc2ccccc12. The summed E-state index contributed by atoms with van der Waals surface area (Å²) < 4.78 is 1.92. The van der Waals surface area contributed by atoms with Crippen LogP contribution in [0.2, 0.25) is 0 Å². The topological polar surface area (TPSA) is 29.9 Å². The number of nitrogens with zero attached hydrogens (tertiary/aromatic N) is 2. The predicted octanol–water partition coefficient (Wildman–Crippen LogP) is 3.99. The summed E-state index contributed by atoms with van der Waals surface area (Å²) in [6.45, 7) is 4.40. The second-order valence-electron chi connectivity index (χ2n) is 5.56. The van der Waals surface area contributed by atoms with Crippen LogP contribution in [0.4, 0.5) is 0 Å². The molecule has 1 N–H and O–H groups in total. The molecule has 3 aromatic rings. The molecular weight excluding hydrogens is 258 g/mol. The molecule has 3 heteroatoms. The Hall–Kier alpha value is -2.13. The summed E-state index contributed by atoms with van der Waals surface area (Å²) in [4.78, 5) is 0. The van der Waals surface area contributed by atoms with Crippen LogP contribution in [0.5, 0.6) is 0 Å². The van der Waals surface area contributed by atoms with Crippen LogP contribution in [0.3, 0.4) is 0 Å². The Morgan fingerprint density at radius 2 is 1.71 bits per heavy atom. The fourth-order valence-electron chi connectivity index (χ4n) is 2.99. The largest absolute Gasteiger partial charge is 0.302 e. The third-order valence-electron chi connectivity index (χ3n) is 4.09. The summed E-state index contributed by atoms with van der Waals surface area (Å²) in [5, 5.41) is 10.5. The Morgan fingerprint density at radius 1 is 0.952 bits per heavy atom. The lowest BCUT2D eigenvalue weighted by molar-refractivity contribution is 0.471. The van der Waals surface area contributed by atoms with Gasteiger partial charge in [0.25, 0.3) is 0 Å². The van der Waals surface area contributed by atoms with Gasteiger partial charge >= 0.3 is 0 Å². The Morgan fingerprint density at radius 3 is 2.48 bits per heavy atom. The molecule has 0 aliphatic heterocycles. The third-order valence-corrected chi connectivity index (χ3v) is 4.09. The van der Waals surface area contributed by atoms with Gasteiger partial charge < -0.3 is 5.32 Å². The minimum atomic E-state index is 0.256. The summed E-state index contributed by atoms with van der Waals surface area (Å²) in [5.41, 5.74) is 2.53. The summed E-state index contributed by atoms with van der Waals surface area (Å²) in [7, 11) is 1.98. The highest BCUT2D eigenvalue weighted by atomic mass is 15.3. The van der Waals surface area contributed by atoms with Crippen molar-refractivity contribution in [3.8, 4) is 0 Å². The zero-order valence-corrected chi connectivity index (χ0v) is 12.7. The van der Waals surface area contributed by atoms with E-state index in [9.17, 15) is 0 Å². The molecule has 0 aliphatic rings. The van der Waals surface area contributed by atoms with Gasteiger partial charge in [-0.25, -0.2) is 0 Å². The second kappa shape index (κ2) is 5.70. The first kappa shape index (κ1) is 13.8. The molecule has 3 rings (SSSR count). The van der Waals surface area contributed by atoms with E-state index in [0.717, 1.165) is 0 Å². The maximum Gasteiger partial charge on any atom is 0.0547 e. The summed E-state index contributed by atoms with van der Waals surface area (Å²) in [5.74, 6) is 0. The van der Waals surface area contributed by atoms with Crippen molar-refractivity contribution in [2.24, 2.45) is 7.05 Å². The highest BCUT2D eigenvalue weighted by Crippen LogP contribution is 2.26. The molecule has 2 aromatic carbocycles. The van der Waals surface area contributed by atoms with Crippen LogP contribution in [0, 0.1) is 0 Å². The van der Waals surface area contributed by atoms with Crippen molar-refractivity contribution in [1.82, 2.24) is 15.1 Å². The second-order valence-corrected chi connectivity index (χ2v) is 5.56. The highest BCUT2D eigenvalue weighted by Gasteiger charge is 2.15. The van der Waals surface area contributed by atoms with E-state index in [1.165, 1.54) is 22.0 Å². The monoisotopic (exact) mass is 279 g/mol. The lowest BCUT2D eigenvalue weighted by atomic mass is 9.99. The first-order valence-corrected chi connectivity index (χ1v) is 7.38. The molecular formula is C18H21N3. The van der Waals surface area contributed by atoms with Gasteiger partial charge in [0.1, 0.15) is 0 Å². The van der Waals surface area contributed by atoms with Crippen LogP contribution in [0.15, 0.2) is 54.7 Å². The van der Waals surface area contributed by atoms with Gasteiger partial charge in [-0.1, -0.05) is 42.5 Å². The lowest BCUT2D eigenvalue weighted by Gasteiger charge is -2.22. The van der Waals surface area contributed by atoms with Crippen molar-refractivity contribution in [3.63, 3.8) is 0 Å². The number of hydrogen-bond donors (Lipinski definition) is 1. The van der Waals surface area contributed by atoms with E-state index in [2.05, 4.69) is 72.8 Å². The third kappa shape index (κ3) is 2.69. The number of hydrogen-bond acceptors (Lipinski definition) is 2. The maximum absolute atomic E-state index is 4.24. The Kier molecular flexibility index (Phi) is 3.76. The average Bonchev–Trinajstić information content (AvgIpc) is 2.92. The fourth-order valence-corrected chi connectivity index (χ4v) is 2.99. The van der Waals surface area contributed by atoms with E-state index in [0.29, 0.717) is 0 Å². The van der Waals surface area contributed by atoms with Crippen molar-refractivity contribution >= 4 is 10.8 Å². The molecule has 0 fully saturated rings. The van der Waals surface area contributed by atoms with Crippen LogP contribution >= 0.6 is 0 Å². The number of aryl methyl sites for hydroxylation is 1. The molecule has 0 aliphatic carbocycles. The molecule has 21 heavy (non-hydrogen) atoms. The minimum absolute atomic E-state index is 0.256. The standard InChI is InChI=1S/C18H21N3/c1-13(20-14(2)18-11-12-19-21(18)3)16-10-6-8-15-7-4-5-9-17(15)16/h4-14,20H,1-3H3. The van der Waals surface area contributed by atoms with Crippen molar-refractivity contribution in [1.29, 1.82) is 0 Å². The number of rotatable bonds is 4. The summed E-state index contributed by atoms with van der Waals surface area (Å²) in [6.07, 6.45) is 1.84. The zero-order chi connectivity index (χ0) is 14.8. The molecule has 1 heterocycles. The molecule has 108 valence electrons. The van der Waals surface area contributed by atoms with Gasteiger partial charge in [-0.2, -0.15) is 5.10 Å². The molecule has 3 nitrogen and oxygen atoms in total. The van der Waals surface area contributed by atoms with E-state index in [1.807, 2.05) is 17.9 Å². The van der Waals surface area contributed by atoms with Gasteiger partial charge in [0.05, 0.1) is 5.69 Å². The molecule has 2 unspecified atom stereocenters. The summed E-state index contributed by atoms with van der Waals surface area (Å²) in [6, 6.07) is 17.6. The van der Waals surface area contributed by atoms with Crippen molar-refractivity contribution in [3.05, 3.63) is 66.0 Å². The number of aromatic nitrogens is 2. The molecule has 0 amide bonds. The van der Waals surface area contributed by atoms with Gasteiger partial charge in [0.15, 0.2) is 0 Å². The van der Waals surface area contributed by atoms with Crippen LogP contribution < -0.4 is 5.32 Å². The molecule has 1 aromatic heterocycles. The predicted molar refractivity (Wildman–Crippen MR) is 87.1 cm³/mol. The van der Waals surface area contributed by atoms with Crippen molar-refractivity contribution in [2.45, 2.75) is 25.9 Å². The van der Waals surface area contributed by atoms with Crippen molar-refractivity contribution in [2.75, 3.05) is 0 Å². The maximum atomic E-state index is 4.24. The van der Waals surface area contributed by atoms with Crippen LogP contribution in [0.1, 0.15) is 37.2 Å². The van der Waals surface area contributed by atoms with Crippen LogP contribution in [-0.2, 0) is 7.05 Å². The first-order chi connectivity index (χ1) is 10.2. The Bertz CT molecular complexity index is 740. The van der Waals surface area contributed by atoms with Gasteiger partial charge in [-0.05, 0) is 36.2 Å². The average molecular weight is 279 g/mol. The van der Waals surface area contributed by atoms with E-state index in [4.69, 9.17) is 0 Å². The summed E-state index contributed by atoms with van der Waals surface area (Å²) >= 11 is 0. The van der Waals surface area contributed by atoms with E-state index in [-0.39, 0.29) is 12.1 Å². The molecule has 0 bridgehead atoms. The molecule has 0 radical (unpaired) electrons. The van der Waals surface area contributed by atoms with Crippen molar-refractivity contribution < 1.29 is 0 Å². The Labute approximate surface area is 125 Å². The van der Waals surface area contributed by atoms with Crippen LogP contribution in [0.25, 0.3) is 10.8 Å². The van der Waals surface area contributed by atoms with Gasteiger partial charge in [0, 0.05) is 25.3 Å². The number of nitrogens with one attached hydrogen (secondary N) is 1. The molecule has 2 atom stereocenters.